The largest absolute Gasteiger partial charge is 0.465 e. The topological polar surface area (TPSA) is 85.1 Å². The predicted molar refractivity (Wildman–Crippen MR) is 118 cm³/mol. The molecule has 2 aromatic carbocycles. The molecule has 1 amide bonds. The van der Waals surface area contributed by atoms with Gasteiger partial charge in [-0.2, -0.15) is 0 Å². The number of rotatable bonds is 5. The quantitative estimate of drug-likeness (QED) is 0.558. The van der Waals surface area contributed by atoms with Crippen molar-refractivity contribution in [2.24, 2.45) is 0 Å². The number of hydrogen-bond acceptors (Lipinski definition) is 7. The molecule has 2 heterocycles. The molecule has 5 rings (SSSR count). The number of esters is 1. The first kappa shape index (κ1) is 20.1. The Kier molecular flexibility index (Phi) is 5.05. The van der Waals surface area contributed by atoms with Crippen LogP contribution >= 0.6 is 0 Å². The molecule has 164 valence electrons. The molecule has 0 spiro atoms. The van der Waals surface area contributed by atoms with Gasteiger partial charge in [-0.15, -0.1) is 0 Å². The maximum Gasteiger partial charge on any atom is 0.337 e. The smallest absolute Gasteiger partial charge is 0.337 e. The number of ether oxygens (including phenoxy) is 2. The monoisotopic (exact) mass is 433 g/mol. The third-order valence-corrected chi connectivity index (χ3v) is 5.81. The lowest BCUT2D eigenvalue weighted by molar-refractivity contribution is 0.0600. The highest BCUT2D eigenvalue weighted by Crippen LogP contribution is 2.41. The second-order valence-corrected chi connectivity index (χ2v) is 7.91. The average molecular weight is 433 g/mol. The summed E-state index contributed by atoms with van der Waals surface area (Å²) in [5.41, 5.74) is 2.64. The van der Waals surface area contributed by atoms with Crippen molar-refractivity contribution in [3.05, 3.63) is 65.4 Å². The summed E-state index contributed by atoms with van der Waals surface area (Å²) in [6.07, 6.45) is 2.39. The molecule has 0 N–H and O–H groups in total. The van der Waals surface area contributed by atoms with Crippen LogP contribution in [0.5, 0.6) is 11.6 Å². The van der Waals surface area contributed by atoms with Crippen molar-refractivity contribution < 1.29 is 23.6 Å². The summed E-state index contributed by atoms with van der Waals surface area (Å²) in [7, 11) is 1.32. The van der Waals surface area contributed by atoms with Gasteiger partial charge in [0, 0.05) is 19.1 Å². The zero-order chi connectivity index (χ0) is 22.2. The number of nitrogens with zero attached hydrogens (tertiary/aromatic N) is 3. The molecule has 3 aromatic rings. The minimum absolute atomic E-state index is 0.0976. The van der Waals surface area contributed by atoms with Crippen LogP contribution in [0.15, 0.2) is 53.1 Å². The molecule has 8 heteroatoms. The van der Waals surface area contributed by atoms with E-state index in [4.69, 9.17) is 14.0 Å². The standard InChI is InChI=1S/C24H23N3O5/c1-15-21(22(25-32-15)31-18-11-7-16(8-12-18)24(29)30-2)23(28)27-14-13-26(17-9-10-17)19-5-3-4-6-20(19)27/h3-8,11-12,17H,9-10,13-14H2,1-2H3. The molecule has 0 radical (unpaired) electrons. The van der Waals surface area contributed by atoms with Gasteiger partial charge in [-0.25, -0.2) is 4.79 Å². The van der Waals surface area contributed by atoms with E-state index in [-0.39, 0.29) is 17.4 Å². The fourth-order valence-corrected chi connectivity index (χ4v) is 4.05. The highest BCUT2D eigenvalue weighted by molar-refractivity contribution is 6.10. The number of carbonyl (C=O) groups excluding carboxylic acids is 2. The third kappa shape index (κ3) is 3.57. The van der Waals surface area contributed by atoms with E-state index in [2.05, 4.69) is 16.1 Å². The molecular weight excluding hydrogens is 410 g/mol. The van der Waals surface area contributed by atoms with Gasteiger partial charge in [0.25, 0.3) is 11.8 Å². The summed E-state index contributed by atoms with van der Waals surface area (Å²) in [6, 6.07) is 15.0. The summed E-state index contributed by atoms with van der Waals surface area (Å²) in [6.45, 7) is 3.05. The number of aryl methyl sites for hydroxylation is 1. The van der Waals surface area contributed by atoms with Crippen molar-refractivity contribution in [1.29, 1.82) is 0 Å². The molecule has 1 aromatic heterocycles. The first-order valence-electron chi connectivity index (χ1n) is 10.6. The first-order valence-corrected chi connectivity index (χ1v) is 10.6. The maximum atomic E-state index is 13.6. The van der Waals surface area contributed by atoms with Gasteiger partial charge in [-0.3, -0.25) is 4.79 Å². The van der Waals surface area contributed by atoms with E-state index >= 15 is 0 Å². The van der Waals surface area contributed by atoms with Crippen LogP contribution in [0, 0.1) is 6.92 Å². The first-order chi connectivity index (χ1) is 15.6. The van der Waals surface area contributed by atoms with Gasteiger partial charge in [-0.05, 0) is 61.3 Å². The van der Waals surface area contributed by atoms with Crippen LogP contribution < -0.4 is 14.5 Å². The Morgan fingerprint density at radius 3 is 2.44 bits per heavy atom. The zero-order valence-electron chi connectivity index (χ0n) is 17.9. The van der Waals surface area contributed by atoms with E-state index in [0.29, 0.717) is 29.7 Å². The lowest BCUT2D eigenvalue weighted by atomic mass is 10.1. The summed E-state index contributed by atoms with van der Waals surface area (Å²) < 4.78 is 15.9. The molecule has 1 aliphatic heterocycles. The van der Waals surface area contributed by atoms with Gasteiger partial charge in [0.2, 0.25) is 0 Å². The Balaban J connectivity index is 1.42. The number of hydrogen-bond donors (Lipinski definition) is 0. The average Bonchev–Trinajstić information content (AvgIpc) is 3.61. The summed E-state index contributed by atoms with van der Waals surface area (Å²) >= 11 is 0. The van der Waals surface area contributed by atoms with Crippen LogP contribution in [0.25, 0.3) is 0 Å². The lowest BCUT2D eigenvalue weighted by Gasteiger charge is -2.37. The number of methoxy groups -OCH3 is 1. The van der Waals surface area contributed by atoms with Crippen LogP contribution in [-0.4, -0.2) is 43.3 Å². The zero-order valence-corrected chi connectivity index (χ0v) is 17.9. The lowest BCUT2D eigenvalue weighted by Crippen LogP contribution is -2.45. The molecule has 0 unspecified atom stereocenters. The van der Waals surface area contributed by atoms with E-state index < -0.39 is 5.97 Å². The van der Waals surface area contributed by atoms with Gasteiger partial charge < -0.3 is 23.8 Å². The normalized spacial score (nSPS) is 15.3. The highest BCUT2D eigenvalue weighted by Gasteiger charge is 2.37. The molecule has 0 bridgehead atoms. The molecule has 0 atom stereocenters. The van der Waals surface area contributed by atoms with Crippen LogP contribution in [0.4, 0.5) is 11.4 Å². The minimum atomic E-state index is -0.436. The van der Waals surface area contributed by atoms with Crippen LogP contribution in [0.3, 0.4) is 0 Å². The minimum Gasteiger partial charge on any atom is -0.465 e. The summed E-state index contributed by atoms with van der Waals surface area (Å²) in [5, 5.41) is 3.96. The molecule has 1 aliphatic carbocycles. The van der Waals surface area contributed by atoms with Crippen LogP contribution in [0.2, 0.25) is 0 Å². The van der Waals surface area contributed by atoms with Crippen LogP contribution in [0.1, 0.15) is 39.3 Å². The van der Waals surface area contributed by atoms with Crippen molar-refractivity contribution in [1.82, 2.24) is 5.16 Å². The van der Waals surface area contributed by atoms with Gasteiger partial charge in [-0.1, -0.05) is 12.1 Å². The number of para-hydroxylation sites is 2. The molecule has 32 heavy (non-hydrogen) atoms. The highest BCUT2D eigenvalue weighted by atomic mass is 16.5. The van der Waals surface area contributed by atoms with Gasteiger partial charge in [0.05, 0.1) is 24.0 Å². The number of amides is 1. The maximum absolute atomic E-state index is 13.6. The Morgan fingerprint density at radius 1 is 1.03 bits per heavy atom. The number of aromatic nitrogens is 1. The van der Waals surface area contributed by atoms with Crippen molar-refractivity contribution in [3.63, 3.8) is 0 Å². The Hall–Kier alpha value is -3.81. The predicted octanol–water partition coefficient (Wildman–Crippen LogP) is 4.19. The second kappa shape index (κ2) is 8.03. The third-order valence-electron chi connectivity index (χ3n) is 5.81. The van der Waals surface area contributed by atoms with Crippen molar-refractivity contribution >= 4 is 23.3 Å². The fraction of sp³-hybridized carbons (Fsp3) is 0.292. The van der Waals surface area contributed by atoms with Gasteiger partial charge >= 0.3 is 5.97 Å². The number of anilines is 2. The fourth-order valence-electron chi connectivity index (χ4n) is 4.05. The molecule has 1 saturated carbocycles. The second-order valence-electron chi connectivity index (χ2n) is 7.91. The van der Waals surface area contributed by atoms with E-state index in [1.54, 1.807) is 36.1 Å². The molecule has 1 fully saturated rings. The SMILES string of the molecule is COC(=O)c1ccc(Oc2noc(C)c2C(=O)N2CCN(C3CC3)c3ccccc32)cc1. The Labute approximate surface area is 185 Å². The molecule has 0 saturated heterocycles. The molecule has 2 aliphatic rings. The van der Waals surface area contributed by atoms with Crippen molar-refractivity contribution in [3.8, 4) is 11.6 Å². The van der Waals surface area contributed by atoms with E-state index in [1.165, 1.54) is 20.0 Å². The Bertz CT molecular complexity index is 1170. The number of benzene rings is 2. The Morgan fingerprint density at radius 2 is 1.75 bits per heavy atom. The number of carbonyl (C=O) groups is 2. The van der Waals surface area contributed by atoms with Crippen molar-refractivity contribution in [2.75, 3.05) is 30.0 Å². The van der Waals surface area contributed by atoms with Crippen LogP contribution in [-0.2, 0) is 4.74 Å². The van der Waals surface area contributed by atoms with E-state index in [0.717, 1.165) is 17.9 Å². The van der Waals surface area contributed by atoms with Gasteiger partial charge in [0.1, 0.15) is 11.3 Å². The van der Waals surface area contributed by atoms with Gasteiger partial charge in [0.15, 0.2) is 5.76 Å². The summed E-state index contributed by atoms with van der Waals surface area (Å²) in [5.74, 6) is 0.263. The van der Waals surface area contributed by atoms with Crippen molar-refractivity contribution in [2.45, 2.75) is 25.8 Å². The summed E-state index contributed by atoms with van der Waals surface area (Å²) in [4.78, 5) is 29.4. The molecular formula is C24H23N3O5. The van der Waals surface area contributed by atoms with E-state index in [1.807, 2.05) is 18.2 Å². The molecule has 8 nitrogen and oxygen atoms in total. The van der Waals surface area contributed by atoms with E-state index in [9.17, 15) is 9.59 Å². The number of fused-ring (bicyclic) bond motifs is 1.